The van der Waals surface area contributed by atoms with Gasteiger partial charge < -0.3 is 5.73 Å². The molecule has 5 nitrogen and oxygen atoms in total. The maximum absolute atomic E-state index is 12.4. The van der Waals surface area contributed by atoms with Crippen molar-refractivity contribution in [2.45, 2.75) is 18.7 Å². The minimum absolute atomic E-state index is 0.0997. The lowest BCUT2D eigenvalue weighted by molar-refractivity contribution is 0.601. The summed E-state index contributed by atoms with van der Waals surface area (Å²) in [6.45, 7) is 3.57. The number of benzene rings is 2. The molecule has 108 valence electrons. The second kappa shape index (κ2) is 5.46. The third kappa shape index (κ3) is 2.98. The molecule has 0 fully saturated rings. The Bertz CT molecular complexity index is 819. The summed E-state index contributed by atoms with van der Waals surface area (Å²) >= 11 is 0. The van der Waals surface area contributed by atoms with Crippen LogP contribution in [0.4, 0.5) is 11.4 Å². The summed E-state index contributed by atoms with van der Waals surface area (Å²) in [6, 6.07) is 11.2. The van der Waals surface area contributed by atoms with Gasteiger partial charge in [0, 0.05) is 5.69 Å². The van der Waals surface area contributed by atoms with Crippen molar-refractivity contribution in [2.75, 3.05) is 10.5 Å². The Morgan fingerprint density at radius 3 is 2.29 bits per heavy atom. The molecule has 0 unspecified atom stereocenters. The van der Waals surface area contributed by atoms with Crippen molar-refractivity contribution < 1.29 is 8.42 Å². The Morgan fingerprint density at radius 1 is 1.10 bits per heavy atom. The van der Waals surface area contributed by atoms with Crippen LogP contribution in [0.3, 0.4) is 0 Å². The zero-order chi connectivity index (χ0) is 15.6. The zero-order valence-electron chi connectivity index (χ0n) is 11.7. The fourth-order valence-corrected chi connectivity index (χ4v) is 3.12. The Balaban J connectivity index is 2.42. The van der Waals surface area contributed by atoms with Gasteiger partial charge in [0.2, 0.25) is 0 Å². The molecular formula is C15H15N3O2S. The standard InChI is InChI=1S/C15H15N3O2S/c1-10-3-8-14(17)11(2)15(10)18-21(19,20)13-6-4-12(9-16)5-7-13/h3-8,18H,17H2,1-2H3. The van der Waals surface area contributed by atoms with Gasteiger partial charge in [-0.25, -0.2) is 8.42 Å². The Hall–Kier alpha value is -2.52. The van der Waals surface area contributed by atoms with E-state index in [1.165, 1.54) is 24.3 Å². The van der Waals surface area contributed by atoms with Gasteiger partial charge in [0.1, 0.15) is 0 Å². The van der Waals surface area contributed by atoms with Crippen LogP contribution < -0.4 is 10.5 Å². The van der Waals surface area contributed by atoms with Crippen LogP contribution in [-0.4, -0.2) is 8.42 Å². The van der Waals surface area contributed by atoms with E-state index >= 15 is 0 Å². The van der Waals surface area contributed by atoms with E-state index in [2.05, 4.69) is 4.72 Å². The van der Waals surface area contributed by atoms with Crippen molar-refractivity contribution in [1.82, 2.24) is 0 Å². The van der Waals surface area contributed by atoms with Gasteiger partial charge in [-0.05, 0) is 55.3 Å². The molecule has 0 radical (unpaired) electrons. The predicted molar refractivity (Wildman–Crippen MR) is 82.3 cm³/mol. The summed E-state index contributed by atoms with van der Waals surface area (Å²) in [5.74, 6) is 0. The van der Waals surface area contributed by atoms with Crippen LogP contribution in [0.25, 0.3) is 0 Å². The normalized spacial score (nSPS) is 10.9. The van der Waals surface area contributed by atoms with Gasteiger partial charge in [0.05, 0.1) is 22.2 Å². The lowest BCUT2D eigenvalue weighted by Crippen LogP contribution is -2.15. The molecule has 3 N–H and O–H groups in total. The van der Waals surface area contributed by atoms with Crippen molar-refractivity contribution in [3.63, 3.8) is 0 Å². The van der Waals surface area contributed by atoms with Crippen LogP contribution in [0.5, 0.6) is 0 Å². The van der Waals surface area contributed by atoms with E-state index < -0.39 is 10.0 Å². The molecule has 2 aromatic rings. The van der Waals surface area contributed by atoms with Gasteiger partial charge in [-0.3, -0.25) is 4.72 Å². The molecule has 6 heteroatoms. The Morgan fingerprint density at radius 2 is 1.71 bits per heavy atom. The topological polar surface area (TPSA) is 96.0 Å². The molecule has 21 heavy (non-hydrogen) atoms. The third-order valence-electron chi connectivity index (χ3n) is 3.25. The van der Waals surface area contributed by atoms with E-state index in [1.54, 1.807) is 19.1 Å². The van der Waals surface area contributed by atoms with Crippen molar-refractivity contribution in [3.05, 3.63) is 53.1 Å². The number of nitrogens with one attached hydrogen (secondary N) is 1. The van der Waals surface area contributed by atoms with E-state index in [0.29, 0.717) is 22.5 Å². The molecule has 0 saturated heterocycles. The number of nitrogens with zero attached hydrogens (tertiary/aromatic N) is 1. The highest BCUT2D eigenvalue weighted by molar-refractivity contribution is 7.92. The zero-order valence-corrected chi connectivity index (χ0v) is 12.5. The van der Waals surface area contributed by atoms with Gasteiger partial charge in [-0.15, -0.1) is 0 Å². The summed E-state index contributed by atoms with van der Waals surface area (Å²) in [4.78, 5) is 0.0997. The third-order valence-corrected chi connectivity index (χ3v) is 4.61. The number of aryl methyl sites for hydroxylation is 1. The van der Waals surface area contributed by atoms with Crippen LogP contribution in [0, 0.1) is 25.2 Å². The molecule has 0 amide bonds. The number of nitrogen functional groups attached to an aromatic ring is 1. The summed E-state index contributed by atoms with van der Waals surface area (Å²) in [5, 5.41) is 8.74. The number of hydrogen-bond donors (Lipinski definition) is 2. The predicted octanol–water partition coefficient (Wildman–Crippen LogP) is 2.56. The van der Waals surface area contributed by atoms with Gasteiger partial charge in [0.15, 0.2) is 0 Å². The highest BCUT2D eigenvalue weighted by atomic mass is 32.2. The van der Waals surface area contributed by atoms with Crippen molar-refractivity contribution in [2.24, 2.45) is 0 Å². The molecule has 0 aliphatic carbocycles. The fourth-order valence-electron chi connectivity index (χ4n) is 1.92. The van der Waals surface area contributed by atoms with Gasteiger partial charge >= 0.3 is 0 Å². The first kappa shape index (κ1) is 14.9. The van der Waals surface area contributed by atoms with Crippen molar-refractivity contribution >= 4 is 21.4 Å². The van der Waals surface area contributed by atoms with E-state index in [9.17, 15) is 8.42 Å². The fraction of sp³-hybridized carbons (Fsp3) is 0.133. The molecule has 0 spiro atoms. The van der Waals surface area contributed by atoms with E-state index in [-0.39, 0.29) is 4.90 Å². The molecule has 0 aliphatic rings. The molecule has 0 saturated carbocycles. The van der Waals surface area contributed by atoms with Crippen LogP contribution in [-0.2, 0) is 10.0 Å². The lowest BCUT2D eigenvalue weighted by Gasteiger charge is -2.14. The molecule has 2 rings (SSSR count). The number of anilines is 2. The van der Waals surface area contributed by atoms with E-state index in [4.69, 9.17) is 11.0 Å². The second-order valence-electron chi connectivity index (χ2n) is 4.71. The minimum Gasteiger partial charge on any atom is -0.398 e. The molecule has 0 aliphatic heterocycles. The number of hydrogen-bond acceptors (Lipinski definition) is 4. The Kier molecular flexibility index (Phi) is 3.87. The van der Waals surface area contributed by atoms with Crippen molar-refractivity contribution in [1.29, 1.82) is 5.26 Å². The molecular weight excluding hydrogens is 286 g/mol. The number of nitriles is 1. The smallest absolute Gasteiger partial charge is 0.261 e. The largest absolute Gasteiger partial charge is 0.398 e. The average Bonchev–Trinajstić information content (AvgIpc) is 2.48. The Labute approximate surface area is 124 Å². The van der Waals surface area contributed by atoms with Gasteiger partial charge in [0.25, 0.3) is 10.0 Å². The molecule has 0 heterocycles. The number of sulfonamides is 1. The summed E-state index contributed by atoms with van der Waals surface area (Å²) < 4.78 is 27.3. The molecule has 2 aromatic carbocycles. The summed E-state index contributed by atoms with van der Waals surface area (Å²) in [5.41, 5.74) is 8.71. The molecule has 0 aromatic heterocycles. The van der Waals surface area contributed by atoms with Crippen LogP contribution in [0.15, 0.2) is 41.3 Å². The van der Waals surface area contributed by atoms with Crippen LogP contribution in [0.1, 0.15) is 16.7 Å². The van der Waals surface area contributed by atoms with Crippen LogP contribution in [0.2, 0.25) is 0 Å². The van der Waals surface area contributed by atoms with E-state index in [1.807, 2.05) is 13.0 Å². The average molecular weight is 301 g/mol. The first-order valence-electron chi connectivity index (χ1n) is 6.24. The first-order chi connectivity index (χ1) is 9.85. The highest BCUT2D eigenvalue weighted by Gasteiger charge is 2.17. The van der Waals surface area contributed by atoms with Crippen molar-refractivity contribution in [3.8, 4) is 6.07 Å². The minimum atomic E-state index is -3.72. The summed E-state index contributed by atoms with van der Waals surface area (Å²) in [7, 11) is -3.72. The highest BCUT2D eigenvalue weighted by Crippen LogP contribution is 2.27. The SMILES string of the molecule is Cc1ccc(N)c(C)c1NS(=O)(=O)c1ccc(C#N)cc1. The molecule has 0 bridgehead atoms. The van der Waals surface area contributed by atoms with E-state index in [0.717, 1.165) is 5.56 Å². The summed E-state index contributed by atoms with van der Waals surface area (Å²) in [6.07, 6.45) is 0. The van der Waals surface area contributed by atoms with Gasteiger partial charge in [-0.2, -0.15) is 5.26 Å². The quantitative estimate of drug-likeness (QED) is 0.851. The maximum atomic E-state index is 12.4. The second-order valence-corrected chi connectivity index (χ2v) is 6.40. The van der Waals surface area contributed by atoms with Gasteiger partial charge in [-0.1, -0.05) is 6.07 Å². The first-order valence-corrected chi connectivity index (χ1v) is 7.72. The number of rotatable bonds is 3. The van der Waals surface area contributed by atoms with Crippen LogP contribution >= 0.6 is 0 Å². The lowest BCUT2D eigenvalue weighted by atomic mass is 10.1. The monoisotopic (exact) mass is 301 g/mol. The number of nitrogens with two attached hydrogens (primary N) is 1. The molecule has 0 atom stereocenters. The maximum Gasteiger partial charge on any atom is 0.261 e.